The van der Waals surface area contributed by atoms with Crippen LogP contribution in [0.5, 0.6) is 0 Å². The van der Waals surface area contributed by atoms with Crippen molar-refractivity contribution >= 4 is 17.5 Å². The highest BCUT2D eigenvalue weighted by molar-refractivity contribution is 6.30. The summed E-state index contributed by atoms with van der Waals surface area (Å²) in [5.41, 5.74) is 1.09. The summed E-state index contributed by atoms with van der Waals surface area (Å²) in [7, 11) is 0. The van der Waals surface area contributed by atoms with Crippen molar-refractivity contribution in [3.8, 4) is 0 Å². The van der Waals surface area contributed by atoms with Crippen molar-refractivity contribution in [3.63, 3.8) is 0 Å². The topological polar surface area (TPSA) is 32.3 Å². The van der Waals surface area contributed by atoms with Gasteiger partial charge in [0.15, 0.2) is 0 Å². The smallest absolute Gasteiger partial charge is 0.223 e. The van der Waals surface area contributed by atoms with E-state index in [4.69, 9.17) is 11.6 Å². The molecule has 1 saturated heterocycles. The molecule has 1 heterocycles. The predicted molar refractivity (Wildman–Crippen MR) is 87.4 cm³/mol. The zero-order valence-corrected chi connectivity index (χ0v) is 13.7. The number of nitrogens with zero attached hydrogens (tertiary/aromatic N) is 1. The van der Waals surface area contributed by atoms with Gasteiger partial charge in [0.05, 0.1) is 0 Å². The zero-order valence-electron chi connectivity index (χ0n) is 12.9. The van der Waals surface area contributed by atoms with Crippen molar-refractivity contribution in [2.75, 3.05) is 6.54 Å². The number of rotatable bonds is 6. The first-order chi connectivity index (χ1) is 10.1. The molecular weight excluding hydrogens is 284 g/mol. The molecule has 21 heavy (non-hydrogen) atoms. The quantitative estimate of drug-likeness (QED) is 0.870. The molecule has 1 atom stereocenters. The van der Waals surface area contributed by atoms with E-state index in [-0.39, 0.29) is 11.9 Å². The van der Waals surface area contributed by atoms with Gasteiger partial charge >= 0.3 is 0 Å². The third kappa shape index (κ3) is 5.01. The van der Waals surface area contributed by atoms with Gasteiger partial charge in [0, 0.05) is 30.1 Å². The molecular formula is C17H25ClN2O. The normalized spacial score (nSPS) is 18.2. The van der Waals surface area contributed by atoms with Gasteiger partial charge in [0.25, 0.3) is 0 Å². The third-order valence-electron chi connectivity index (χ3n) is 4.05. The lowest BCUT2D eigenvalue weighted by atomic mass is 10.1. The van der Waals surface area contributed by atoms with Crippen molar-refractivity contribution < 1.29 is 4.79 Å². The fourth-order valence-corrected chi connectivity index (χ4v) is 3.05. The molecule has 0 bridgehead atoms. The van der Waals surface area contributed by atoms with Crippen LogP contribution in [0.1, 0.15) is 45.1 Å². The first-order valence-electron chi connectivity index (χ1n) is 7.83. The Kier molecular flexibility index (Phi) is 6.07. The molecule has 0 spiro atoms. The van der Waals surface area contributed by atoms with Gasteiger partial charge in [-0.3, -0.25) is 4.79 Å². The molecule has 1 aliphatic rings. The lowest BCUT2D eigenvalue weighted by molar-refractivity contribution is -0.133. The standard InChI is InChI=1S/C17H25ClN2O/c1-13(2)20(12-14-5-3-6-15(18)11-14)17(21)9-8-16-7-4-10-19-16/h3,5-6,11,13,16,19H,4,7-10,12H2,1-2H3. The fourth-order valence-electron chi connectivity index (χ4n) is 2.84. The van der Waals surface area contributed by atoms with Crippen LogP contribution >= 0.6 is 11.6 Å². The van der Waals surface area contributed by atoms with Gasteiger partial charge in [0.1, 0.15) is 0 Å². The van der Waals surface area contributed by atoms with Gasteiger partial charge in [-0.25, -0.2) is 0 Å². The molecule has 2 rings (SSSR count). The van der Waals surface area contributed by atoms with Crippen molar-refractivity contribution in [1.29, 1.82) is 0 Å². The minimum atomic E-state index is 0.202. The zero-order chi connectivity index (χ0) is 15.2. The third-order valence-corrected chi connectivity index (χ3v) is 4.29. The van der Waals surface area contributed by atoms with Crippen molar-refractivity contribution in [3.05, 3.63) is 34.9 Å². The van der Waals surface area contributed by atoms with Crippen LogP contribution in [-0.2, 0) is 11.3 Å². The Hall–Kier alpha value is -1.06. The molecule has 1 fully saturated rings. The highest BCUT2D eigenvalue weighted by Crippen LogP contribution is 2.17. The first-order valence-corrected chi connectivity index (χ1v) is 8.21. The maximum atomic E-state index is 12.5. The molecule has 0 radical (unpaired) electrons. The van der Waals surface area contributed by atoms with E-state index in [1.165, 1.54) is 12.8 Å². The molecule has 1 unspecified atom stereocenters. The average Bonchev–Trinajstić information content (AvgIpc) is 2.95. The second-order valence-corrected chi connectivity index (χ2v) is 6.51. The number of carbonyl (C=O) groups excluding carboxylic acids is 1. The number of halogens is 1. The van der Waals surface area contributed by atoms with Gasteiger partial charge in [-0.05, 0) is 57.4 Å². The molecule has 1 aromatic rings. The number of carbonyl (C=O) groups is 1. The maximum Gasteiger partial charge on any atom is 0.223 e. The van der Waals surface area contributed by atoms with Crippen LogP contribution in [-0.4, -0.2) is 29.4 Å². The molecule has 1 aromatic carbocycles. The number of amides is 1. The molecule has 4 heteroatoms. The molecule has 0 aromatic heterocycles. The highest BCUT2D eigenvalue weighted by atomic mass is 35.5. The number of benzene rings is 1. The minimum Gasteiger partial charge on any atom is -0.336 e. The predicted octanol–water partition coefficient (Wildman–Crippen LogP) is 3.61. The summed E-state index contributed by atoms with van der Waals surface area (Å²) < 4.78 is 0. The Morgan fingerprint density at radius 3 is 2.90 bits per heavy atom. The molecule has 0 aliphatic carbocycles. The van der Waals surface area contributed by atoms with E-state index in [1.54, 1.807) is 0 Å². The van der Waals surface area contributed by atoms with Crippen molar-refractivity contribution in [2.24, 2.45) is 0 Å². The molecule has 1 aliphatic heterocycles. The molecule has 1 N–H and O–H groups in total. The monoisotopic (exact) mass is 308 g/mol. The summed E-state index contributed by atoms with van der Waals surface area (Å²) in [5, 5.41) is 4.17. The van der Waals surface area contributed by atoms with Crippen molar-refractivity contribution in [2.45, 2.75) is 58.2 Å². The van der Waals surface area contributed by atoms with E-state index in [0.29, 0.717) is 19.0 Å². The molecule has 3 nitrogen and oxygen atoms in total. The van der Waals surface area contributed by atoms with Crippen LogP contribution in [0.3, 0.4) is 0 Å². The lowest BCUT2D eigenvalue weighted by Gasteiger charge is -2.27. The van der Waals surface area contributed by atoms with Crippen LogP contribution in [0.2, 0.25) is 5.02 Å². The Morgan fingerprint density at radius 1 is 1.48 bits per heavy atom. The number of nitrogens with one attached hydrogen (secondary N) is 1. The van der Waals surface area contributed by atoms with E-state index in [9.17, 15) is 4.79 Å². The van der Waals surface area contributed by atoms with E-state index in [0.717, 1.165) is 23.6 Å². The molecule has 1 amide bonds. The van der Waals surface area contributed by atoms with Crippen molar-refractivity contribution in [1.82, 2.24) is 10.2 Å². The maximum absolute atomic E-state index is 12.5. The largest absolute Gasteiger partial charge is 0.336 e. The number of hydrogen-bond acceptors (Lipinski definition) is 2. The molecule has 0 saturated carbocycles. The Morgan fingerprint density at radius 2 is 2.29 bits per heavy atom. The van der Waals surface area contributed by atoms with Gasteiger partial charge < -0.3 is 10.2 Å². The fraction of sp³-hybridized carbons (Fsp3) is 0.588. The van der Waals surface area contributed by atoms with Gasteiger partial charge in [-0.1, -0.05) is 23.7 Å². The Balaban J connectivity index is 1.92. The van der Waals surface area contributed by atoms with Crippen LogP contribution in [0.15, 0.2) is 24.3 Å². The van der Waals surface area contributed by atoms with E-state index in [1.807, 2.05) is 29.2 Å². The summed E-state index contributed by atoms with van der Waals surface area (Å²) in [4.78, 5) is 14.4. The Labute approximate surface area is 132 Å². The second kappa shape index (κ2) is 7.81. The van der Waals surface area contributed by atoms with Gasteiger partial charge in [-0.15, -0.1) is 0 Å². The molecule has 116 valence electrons. The van der Waals surface area contributed by atoms with E-state index in [2.05, 4.69) is 19.2 Å². The second-order valence-electron chi connectivity index (χ2n) is 6.08. The van der Waals surface area contributed by atoms with Crippen LogP contribution in [0, 0.1) is 0 Å². The van der Waals surface area contributed by atoms with E-state index < -0.39 is 0 Å². The van der Waals surface area contributed by atoms with E-state index >= 15 is 0 Å². The Bertz CT molecular complexity index is 470. The summed E-state index contributed by atoms with van der Waals surface area (Å²) in [5.74, 6) is 0.235. The van der Waals surface area contributed by atoms with Crippen LogP contribution < -0.4 is 5.32 Å². The van der Waals surface area contributed by atoms with Gasteiger partial charge in [0.2, 0.25) is 5.91 Å². The highest BCUT2D eigenvalue weighted by Gasteiger charge is 2.20. The minimum absolute atomic E-state index is 0.202. The summed E-state index contributed by atoms with van der Waals surface area (Å²) >= 11 is 6.02. The summed E-state index contributed by atoms with van der Waals surface area (Å²) in [6.07, 6.45) is 3.99. The first kappa shape index (κ1) is 16.3. The SMILES string of the molecule is CC(C)N(Cc1cccc(Cl)c1)C(=O)CCC1CCCN1. The summed E-state index contributed by atoms with van der Waals surface area (Å²) in [6, 6.07) is 8.47. The van der Waals surface area contributed by atoms with Crippen LogP contribution in [0.4, 0.5) is 0 Å². The summed E-state index contributed by atoms with van der Waals surface area (Å²) in [6.45, 7) is 5.86. The van der Waals surface area contributed by atoms with Gasteiger partial charge in [-0.2, -0.15) is 0 Å². The number of hydrogen-bond donors (Lipinski definition) is 1. The average molecular weight is 309 g/mol. The lowest BCUT2D eigenvalue weighted by Crippen LogP contribution is -2.37. The van der Waals surface area contributed by atoms with Crippen LogP contribution in [0.25, 0.3) is 0 Å².